The fourth-order valence-electron chi connectivity index (χ4n) is 2.43. The van der Waals surface area contributed by atoms with Crippen LogP contribution in [0.2, 0.25) is 0 Å². The molecule has 3 rings (SSSR count). The molecule has 5 nitrogen and oxygen atoms in total. The van der Waals surface area contributed by atoms with E-state index in [2.05, 4.69) is 22.6 Å². The van der Waals surface area contributed by atoms with Crippen molar-refractivity contribution >= 4 is 51.6 Å². The Kier molecular flexibility index (Phi) is 6.92. The number of carbonyl (C=O) groups is 2. The maximum absolute atomic E-state index is 12.3. The summed E-state index contributed by atoms with van der Waals surface area (Å²) in [4.78, 5) is 25.9. The van der Waals surface area contributed by atoms with Crippen LogP contribution in [0.4, 0.5) is 4.79 Å². The zero-order valence-electron chi connectivity index (χ0n) is 14.7. The molecule has 27 heavy (non-hydrogen) atoms. The molecule has 140 valence electrons. The third kappa shape index (κ3) is 5.33. The molecule has 0 saturated carbocycles. The van der Waals surface area contributed by atoms with Crippen LogP contribution in [0.15, 0.2) is 53.4 Å². The number of imide groups is 1. The molecular weight excluding hydrogens is 477 g/mol. The van der Waals surface area contributed by atoms with Crippen LogP contribution in [-0.2, 0) is 16.1 Å². The smallest absolute Gasteiger partial charge is 0.293 e. The highest BCUT2D eigenvalue weighted by Crippen LogP contribution is 2.32. The fraction of sp³-hybridized carbons (Fsp3) is 0.200. The van der Waals surface area contributed by atoms with E-state index in [0.717, 1.165) is 28.6 Å². The van der Waals surface area contributed by atoms with Gasteiger partial charge >= 0.3 is 0 Å². The number of carbonyl (C=O) groups excluding carboxylic acids is 2. The fourth-order valence-corrected chi connectivity index (χ4v) is 3.66. The van der Waals surface area contributed by atoms with Crippen molar-refractivity contribution in [1.82, 2.24) is 4.90 Å². The molecule has 0 bridgehead atoms. The van der Waals surface area contributed by atoms with Gasteiger partial charge in [-0.1, -0.05) is 24.3 Å². The zero-order chi connectivity index (χ0) is 19.2. The van der Waals surface area contributed by atoms with Gasteiger partial charge in [-0.15, -0.1) is 0 Å². The second kappa shape index (κ2) is 9.38. The molecular formula is C20H18INO4S. The maximum atomic E-state index is 12.3. The van der Waals surface area contributed by atoms with Crippen molar-refractivity contribution in [2.24, 2.45) is 0 Å². The maximum Gasteiger partial charge on any atom is 0.293 e. The summed E-state index contributed by atoms with van der Waals surface area (Å²) in [6.07, 6.45) is 1.72. The Hall–Kier alpha value is -1.84. The molecule has 2 aromatic carbocycles. The van der Waals surface area contributed by atoms with E-state index in [4.69, 9.17) is 9.47 Å². The van der Waals surface area contributed by atoms with Crippen molar-refractivity contribution in [3.8, 4) is 5.75 Å². The number of halogens is 1. The van der Waals surface area contributed by atoms with Gasteiger partial charge in [0, 0.05) is 10.7 Å². The second-order valence-electron chi connectivity index (χ2n) is 5.81. The topological polar surface area (TPSA) is 55.8 Å². The van der Waals surface area contributed by atoms with Gasteiger partial charge in [-0.05, 0) is 75.8 Å². The highest BCUT2D eigenvalue weighted by atomic mass is 127. The third-order valence-electron chi connectivity index (χ3n) is 3.89. The van der Waals surface area contributed by atoms with Crippen LogP contribution in [0, 0.1) is 3.57 Å². The SMILES string of the molecule is COCCN1C(=O)SC(=Cc2ccc(OCc3ccc(I)cc3)cc2)C1=O. The highest BCUT2D eigenvalue weighted by Gasteiger charge is 2.34. The molecule has 2 aromatic rings. The second-order valence-corrected chi connectivity index (χ2v) is 8.05. The zero-order valence-corrected chi connectivity index (χ0v) is 17.7. The Morgan fingerprint density at radius 2 is 1.78 bits per heavy atom. The molecule has 1 aliphatic heterocycles. The average molecular weight is 495 g/mol. The van der Waals surface area contributed by atoms with Crippen molar-refractivity contribution in [3.05, 3.63) is 68.1 Å². The van der Waals surface area contributed by atoms with Crippen LogP contribution < -0.4 is 4.74 Å². The summed E-state index contributed by atoms with van der Waals surface area (Å²) in [6.45, 7) is 1.09. The first kappa shape index (κ1) is 19.9. The Morgan fingerprint density at radius 1 is 1.07 bits per heavy atom. The van der Waals surface area contributed by atoms with E-state index in [1.54, 1.807) is 6.08 Å². The normalized spacial score (nSPS) is 15.6. The number of benzene rings is 2. The molecule has 0 aliphatic carbocycles. The van der Waals surface area contributed by atoms with Crippen molar-refractivity contribution in [3.63, 3.8) is 0 Å². The lowest BCUT2D eigenvalue weighted by Crippen LogP contribution is -2.31. The highest BCUT2D eigenvalue weighted by molar-refractivity contribution is 14.1. The lowest BCUT2D eigenvalue weighted by molar-refractivity contribution is -0.123. The quantitative estimate of drug-likeness (QED) is 0.417. The van der Waals surface area contributed by atoms with E-state index in [1.807, 2.05) is 48.5 Å². The monoisotopic (exact) mass is 495 g/mol. The van der Waals surface area contributed by atoms with Crippen molar-refractivity contribution in [2.45, 2.75) is 6.61 Å². The molecule has 2 amide bonds. The van der Waals surface area contributed by atoms with Gasteiger partial charge in [0.25, 0.3) is 11.1 Å². The first-order valence-corrected chi connectivity index (χ1v) is 10.2. The molecule has 1 saturated heterocycles. The lowest BCUT2D eigenvalue weighted by atomic mass is 10.2. The van der Waals surface area contributed by atoms with E-state index in [-0.39, 0.29) is 17.7 Å². The largest absolute Gasteiger partial charge is 0.489 e. The molecule has 1 aliphatic rings. The molecule has 7 heteroatoms. The van der Waals surface area contributed by atoms with Crippen LogP contribution in [0.5, 0.6) is 5.75 Å². The Labute approximate surface area is 175 Å². The van der Waals surface area contributed by atoms with Gasteiger partial charge in [-0.25, -0.2) is 0 Å². The van der Waals surface area contributed by atoms with Gasteiger partial charge in [0.05, 0.1) is 18.1 Å². The van der Waals surface area contributed by atoms with Gasteiger partial charge in [0.2, 0.25) is 0 Å². The number of hydrogen-bond acceptors (Lipinski definition) is 5. The van der Waals surface area contributed by atoms with Gasteiger partial charge in [-0.2, -0.15) is 0 Å². The summed E-state index contributed by atoms with van der Waals surface area (Å²) in [5, 5.41) is -0.263. The summed E-state index contributed by atoms with van der Waals surface area (Å²) in [5.74, 6) is 0.472. The summed E-state index contributed by atoms with van der Waals surface area (Å²) < 4.78 is 11.9. The average Bonchev–Trinajstić information content (AvgIpc) is 2.94. The minimum Gasteiger partial charge on any atom is -0.489 e. The molecule has 0 aromatic heterocycles. The third-order valence-corrected chi connectivity index (χ3v) is 5.52. The summed E-state index contributed by atoms with van der Waals surface area (Å²) in [7, 11) is 1.54. The lowest BCUT2D eigenvalue weighted by Gasteiger charge is -2.10. The number of ether oxygens (including phenoxy) is 2. The first-order valence-electron chi connectivity index (χ1n) is 8.28. The molecule has 1 fully saturated rings. The van der Waals surface area contributed by atoms with Gasteiger partial charge in [0.1, 0.15) is 12.4 Å². The van der Waals surface area contributed by atoms with Crippen LogP contribution in [0.3, 0.4) is 0 Å². The molecule has 0 radical (unpaired) electrons. The van der Waals surface area contributed by atoms with Crippen molar-refractivity contribution < 1.29 is 19.1 Å². The van der Waals surface area contributed by atoms with Gasteiger partial charge < -0.3 is 9.47 Å². The number of methoxy groups -OCH3 is 1. The first-order chi connectivity index (χ1) is 13.1. The van der Waals surface area contributed by atoms with Gasteiger partial charge in [-0.3, -0.25) is 14.5 Å². The predicted molar refractivity (Wildman–Crippen MR) is 114 cm³/mol. The number of thioether (sulfide) groups is 1. The number of rotatable bonds is 7. The van der Waals surface area contributed by atoms with Crippen molar-refractivity contribution in [1.29, 1.82) is 0 Å². The van der Waals surface area contributed by atoms with Crippen LogP contribution >= 0.6 is 34.4 Å². The molecule has 0 atom stereocenters. The van der Waals surface area contributed by atoms with E-state index < -0.39 is 0 Å². The minimum atomic E-state index is -0.277. The van der Waals surface area contributed by atoms with Crippen LogP contribution in [-0.4, -0.2) is 36.3 Å². The molecule has 1 heterocycles. The molecule has 0 N–H and O–H groups in total. The molecule has 0 spiro atoms. The summed E-state index contributed by atoms with van der Waals surface area (Å²) >= 11 is 3.22. The predicted octanol–water partition coefficient (Wildman–Crippen LogP) is 4.55. The Balaban J connectivity index is 1.61. The van der Waals surface area contributed by atoms with E-state index in [0.29, 0.717) is 18.1 Å². The van der Waals surface area contributed by atoms with Crippen LogP contribution in [0.1, 0.15) is 11.1 Å². The minimum absolute atomic E-state index is 0.263. The number of amides is 2. The summed E-state index contributed by atoms with van der Waals surface area (Å²) in [6, 6.07) is 15.6. The number of nitrogens with zero attached hydrogens (tertiary/aromatic N) is 1. The summed E-state index contributed by atoms with van der Waals surface area (Å²) in [5.41, 5.74) is 1.94. The number of hydrogen-bond donors (Lipinski definition) is 0. The molecule has 0 unspecified atom stereocenters. The van der Waals surface area contributed by atoms with E-state index in [9.17, 15) is 9.59 Å². The Morgan fingerprint density at radius 3 is 2.44 bits per heavy atom. The van der Waals surface area contributed by atoms with Crippen molar-refractivity contribution in [2.75, 3.05) is 20.3 Å². The Bertz CT molecular complexity index is 849. The van der Waals surface area contributed by atoms with E-state index in [1.165, 1.54) is 15.6 Å². The standard InChI is InChI=1S/C20H18INO4S/c1-25-11-10-22-19(23)18(27-20(22)24)12-14-4-8-17(9-5-14)26-13-15-2-6-16(21)7-3-15/h2-9,12H,10-11,13H2,1H3. The van der Waals surface area contributed by atoms with E-state index >= 15 is 0 Å². The van der Waals surface area contributed by atoms with Crippen LogP contribution in [0.25, 0.3) is 6.08 Å². The van der Waals surface area contributed by atoms with Gasteiger partial charge in [0.15, 0.2) is 0 Å².